The largest absolute Gasteiger partial charge is 0.278 e. The first-order valence-electron chi connectivity index (χ1n) is 6.21. The highest BCUT2D eigenvalue weighted by Crippen LogP contribution is 2.09. The van der Waals surface area contributed by atoms with Crippen molar-refractivity contribution < 1.29 is 4.79 Å². The van der Waals surface area contributed by atoms with Crippen LogP contribution in [0.2, 0.25) is 0 Å². The van der Waals surface area contributed by atoms with E-state index in [4.69, 9.17) is 0 Å². The quantitative estimate of drug-likeness (QED) is 0.783. The maximum Gasteiger partial charge on any atom is 0.236 e. The van der Waals surface area contributed by atoms with Gasteiger partial charge >= 0.3 is 0 Å². The van der Waals surface area contributed by atoms with Crippen LogP contribution in [0.1, 0.15) is 30.4 Å². The Morgan fingerprint density at radius 2 is 2.41 bits per heavy atom. The highest BCUT2D eigenvalue weighted by molar-refractivity contribution is 5.77. The molecule has 4 nitrogen and oxygen atoms in total. The van der Waals surface area contributed by atoms with Crippen LogP contribution < -0.4 is 5.43 Å². The number of rotatable bonds is 5. The summed E-state index contributed by atoms with van der Waals surface area (Å²) in [5, 5.41) is 1.75. The van der Waals surface area contributed by atoms with E-state index in [2.05, 4.69) is 23.4 Å². The summed E-state index contributed by atoms with van der Waals surface area (Å²) in [6, 6.07) is 2.07. The van der Waals surface area contributed by atoms with Gasteiger partial charge in [-0.05, 0) is 43.4 Å². The van der Waals surface area contributed by atoms with Crippen molar-refractivity contribution in [2.75, 3.05) is 13.1 Å². The fourth-order valence-electron chi connectivity index (χ4n) is 2.09. The second-order valence-corrected chi connectivity index (χ2v) is 4.46. The Morgan fingerprint density at radius 3 is 3.12 bits per heavy atom. The SMILES string of the molecule is Cc1cnccc1CCCNN1CCCC1=O. The molecule has 17 heavy (non-hydrogen) atoms. The van der Waals surface area contributed by atoms with E-state index in [1.54, 1.807) is 5.01 Å². The fourth-order valence-corrected chi connectivity index (χ4v) is 2.09. The summed E-state index contributed by atoms with van der Waals surface area (Å²) in [5.74, 6) is 0.227. The number of aryl methyl sites for hydroxylation is 2. The summed E-state index contributed by atoms with van der Waals surface area (Å²) in [7, 11) is 0. The molecule has 2 heterocycles. The van der Waals surface area contributed by atoms with Crippen molar-refractivity contribution in [2.24, 2.45) is 0 Å². The van der Waals surface area contributed by atoms with Crippen LogP contribution in [0.5, 0.6) is 0 Å². The van der Waals surface area contributed by atoms with Gasteiger partial charge in [0, 0.05) is 31.9 Å². The van der Waals surface area contributed by atoms with Crippen LogP contribution in [0.4, 0.5) is 0 Å². The van der Waals surface area contributed by atoms with E-state index in [9.17, 15) is 4.79 Å². The summed E-state index contributed by atoms with van der Waals surface area (Å²) >= 11 is 0. The zero-order chi connectivity index (χ0) is 12.1. The molecule has 1 amide bonds. The number of nitrogens with one attached hydrogen (secondary N) is 1. The molecule has 0 spiro atoms. The van der Waals surface area contributed by atoms with Crippen molar-refractivity contribution in [1.82, 2.24) is 15.4 Å². The van der Waals surface area contributed by atoms with Gasteiger partial charge < -0.3 is 0 Å². The molecule has 1 N–H and O–H groups in total. The van der Waals surface area contributed by atoms with Crippen molar-refractivity contribution in [3.63, 3.8) is 0 Å². The molecular formula is C13H19N3O. The first kappa shape index (κ1) is 12.0. The molecule has 1 saturated heterocycles. The standard InChI is InChI=1S/C13H19N3O/c1-11-10-14-8-6-12(11)4-2-7-15-16-9-3-5-13(16)17/h6,8,10,15H,2-5,7,9H2,1H3. The van der Waals surface area contributed by atoms with Crippen LogP contribution in [0, 0.1) is 6.92 Å². The third kappa shape index (κ3) is 3.27. The monoisotopic (exact) mass is 233 g/mol. The fraction of sp³-hybridized carbons (Fsp3) is 0.538. The number of hydrogen-bond acceptors (Lipinski definition) is 3. The lowest BCUT2D eigenvalue weighted by atomic mass is 10.1. The number of carbonyl (C=O) groups excluding carboxylic acids is 1. The van der Waals surface area contributed by atoms with Gasteiger partial charge in [0.2, 0.25) is 5.91 Å². The lowest BCUT2D eigenvalue weighted by Crippen LogP contribution is -2.39. The number of carbonyl (C=O) groups is 1. The van der Waals surface area contributed by atoms with E-state index in [0.717, 1.165) is 32.4 Å². The summed E-state index contributed by atoms with van der Waals surface area (Å²) < 4.78 is 0. The summed E-state index contributed by atoms with van der Waals surface area (Å²) in [5.41, 5.74) is 5.77. The van der Waals surface area contributed by atoms with E-state index in [1.807, 2.05) is 12.4 Å². The van der Waals surface area contributed by atoms with Crippen LogP contribution in [0.15, 0.2) is 18.5 Å². The Kier molecular flexibility index (Phi) is 4.09. The summed E-state index contributed by atoms with van der Waals surface area (Å²) in [4.78, 5) is 15.4. The van der Waals surface area contributed by atoms with Crippen molar-refractivity contribution >= 4 is 5.91 Å². The minimum absolute atomic E-state index is 0.227. The predicted octanol–water partition coefficient (Wildman–Crippen LogP) is 1.45. The Morgan fingerprint density at radius 1 is 1.53 bits per heavy atom. The first-order valence-corrected chi connectivity index (χ1v) is 6.21. The van der Waals surface area contributed by atoms with E-state index in [0.29, 0.717) is 6.42 Å². The van der Waals surface area contributed by atoms with Crippen LogP contribution in [-0.2, 0) is 11.2 Å². The molecule has 1 fully saturated rings. The second kappa shape index (κ2) is 5.77. The lowest BCUT2D eigenvalue weighted by molar-refractivity contribution is -0.130. The third-order valence-electron chi connectivity index (χ3n) is 3.14. The summed E-state index contributed by atoms with van der Waals surface area (Å²) in [6.45, 7) is 3.79. The van der Waals surface area contributed by atoms with Crippen LogP contribution in [0.3, 0.4) is 0 Å². The molecule has 2 rings (SSSR count). The number of nitrogens with zero attached hydrogens (tertiary/aromatic N) is 2. The van der Waals surface area contributed by atoms with Gasteiger partial charge in [-0.3, -0.25) is 14.8 Å². The molecule has 0 atom stereocenters. The highest BCUT2D eigenvalue weighted by Gasteiger charge is 2.18. The van der Waals surface area contributed by atoms with Crippen LogP contribution in [0.25, 0.3) is 0 Å². The second-order valence-electron chi connectivity index (χ2n) is 4.46. The van der Waals surface area contributed by atoms with Gasteiger partial charge in [0.25, 0.3) is 0 Å². The van der Waals surface area contributed by atoms with Crippen LogP contribution >= 0.6 is 0 Å². The van der Waals surface area contributed by atoms with Gasteiger partial charge in [0.05, 0.1) is 0 Å². The number of hydrogen-bond donors (Lipinski definition) is 1. The molecule has 4 heteroatoms. The Balaban J connectivity index is 1.70. The number of aromatic nitrogens is 1. The molecule has 1 aliphatic rings. The molecule has 1 aromatic rings. The number of pyridine rings is 1. The van der Waals surface area contributed by atoms with Crippen molar-refractivity contribution in [3.05, 3.63) is 29.6 Å². The van der Waals surface area contributed by atoms with Gasteiger partial charge in [-0.1, -0.05) is 0 Å². The first-order chi connectivity index (χ1) is 8.27. The normalized spacial score (nSPS) is 15.6. The van der Waals surface area contributed by atoms with Crippen molar-refractivity contribution in [3.8, 4) is 0 Å². The van der Waals surface area contributed by atoms with E-state index in [1.165, 1.54) is 11.1 Å². The molecular weight excluding hydrogens is 214 g/mol. The minimum atomic E-state index is 0.227. The average Bonchev–Trinajstić information content (AvgIpc) is 2.73. The van der Waals surface area contributed by atoms with Gasteiger partial charge in [-0.15, -0.1) is 0 Å². The molecule has 0 unspecified atom stereocenters. The third-order valence-corrected chi connectivity index (χ3v) is 3.14. The number of hydrazine groups is 1. The Bertz CT molecular complexity index is 392. The highest BCUT2D eigenvalue weighted by atomic mass is 16.2. The smallest absolute Gasteiger partial charge is 0.236 e. The molecule has 1 aromatic heterocycles. The zero-order valence-electron chi connectivity index (χ0n) is 10.3. The van der Waals surface area contributed by atoms with E-state index < -0.39 is 0 Å². The van der Waals surface area contributed by atoms with Gasteiger partial charge in [0.15, 0.2) is 0 Å². The van der Waals surface area contributed by atoms with Gasteiger partial charge in [-0.2, -0.15) is 0 Å². The maximum absolute atomic E-state index is 11.3. The molecule has 0 saturated carbocycles. The van der Waals surface area contributed by atoms with Crippen molar-refractivity contribution in [1.29, 1.82) is 0 Å². The molecule has 1 aliphatic heterocycles. The Hall–Kier alpha value is -1.42. The predicted molar refractivity (Wildman–Crippen MR) is 66.2 cm³/mol. The zero-order valence-corrected chi connectivity index (χ0v) is 10.3. The average molecular weight is 233 g/mol. The van der Waals surface area contributed by atoms with E-state index >= 15 is 0 Å². The minimum Gasteiger partial charge on any atom is -0.278 e. The topological polar surface area (TPSA) is 45.2 Å². The number of amides is 1. The maximum atomic E-state index is 11.3. The van der Waals surface area contributed by atoms with Gasteiger partial charge in [-0.25, -0.2) is 5.43 Å². The molecule has 0 bridgehead atoms. The molecule has 0 aliphatic carbocycles. The van der Waals surface area contributed by atoms with Crippen LogP contribution in [-0.4, -0.2) is 29.0 Å². The Labute approximate surface area is 102 Å². The van der Waals surface area contributed by atoms with Gasteiger partial charge in [0.1, 0.15) is 0 Å². The van der Waals surface area contributed by atoms with E-state index in [-0.39, 0.29) is 5.91 Å². The van der Waals surface area contributed by atoms with Crippen molar-refractivity contribution in [2.45, 2.75) is 32.6 Å². The molecule has 0 aromatic carbocycles. The molecule has 92 valence electrons. The molecule has 0 radical (unpaired) electrons. The lowest BCUT2D eigenvalue weighted by Gasteiger charge is -2.16. The summed E-state index contributed by atoms with van der Waals surface area (Å²) in [6.07, 6.45) is 7.47.